The lowest BCUT2D eigenvalue weighted by atomic mass is 9.95. The molecule has 0 bridgehead atoms. The molecule has 0 spiro atoms. The van der Waals surface area contributed by atoms with Gasteiger partial charge in [-0.1, -0.05) is 39.8 Å². The molecule has 2 aliphatic heterocycles. The number of thioether (sulfide) groups is 1. The number of nitrogens with zero attached hydrogens (tertiary/aromatic N) is 1. The van der Waals surface area contributed by atoms with Crippen molar-refractivity contribution in [3.8, 4) is 5.75 Å². The second kappa shape index (κ2) is 28.3. The number of likely N-dealkylation sites (tertiary alicyclic amines) is 1. The number of β-amino-alcohol motifs (C(OH)–C–C–N with tert-alkyl or cyclic N) is 1. The number of fused-ring (bicyclic) bond motifs is 3. The van der Waals surface area contributed by atoms with Crippen molar-refractivity contribution < 1.29 is 86.7 Å². The Kier molecular flexibility index (Phi) is 22.7. The first-order chi connectivity index (χ1) is 35.8. The van der Waals surface area contributed by atoms with Crippen LogP contribution in [0.1, 0.15) is 66.4 Å². The fourth-order valence-electron chi connectivity index (χ4n) is 8.12. The van der Waals surface area contributed by atoms with Crippen LogP contribution in [0.5, 0.6) is 5.75 Å². The molecule has 2 aromatic rings. The van der Waals surface area contributed by atoms with Crippen LogP contribution in [0.4, 0.5) is 0 Å². The normalized spacial score (nSPS) is 21.6. The Morgan fingerprint density at radius 3 is 2.21 bits per heavy atom. The maximum atomic E-state index is 14.6. The summed E-state index contributed by atoms with van der Waals surface area (Å²) in [7, 11) is 0. The molecule has 10 atom stereocenters. The number of esters is 4. The maximum absolute atomic E-state index is 14.6. The summed E-state index contributed by atoms with van der Waals surface area (Å²) in [6.07, 6.45) is -2.65. The number of hydrogen-bond acceptors (Lipinski definition) is 19. The van der Waals surface area contributed by atoms with Gasteiger partial charge in [0.25, 0.3) is 0 Å². The molecule has 4 rings (SSSR count). The summed E-state index contributed by atoms with van der Waals surface area (Å²) in [6.45, 7) is 8.76. The minimum Gasteiger partial charge on any atom is -0.480 e. The Hall–Kier alpha value is -7.59. The van der Waals surface area contributed by atoms with Crippen LogP contribution in [0.2, 0.25) is 0 Å². The second-order valence-electron chi connectivity index (χ2n) is 18.1. The van der Waals surface area contributed by atoms with Crippen molar-refractivity contribution in [3.63, 3.8) is 0 Å². The average Bonchev–Trinajstić information content (AvgIpc) is 3.92. The number of aromatic amines is 1. The first kappa shape index (κ1) is 61.0. The van der Waals surface area contributed by atoms with E-state index in [2.05, 4.69) is 43.5 Å². The van der Waals surface area contributed by atoms with E-state index in [9.17, 15) is 67.7 Å². The molecule has 2 aliphatic rings. The summed E-state index contributed by atoms with van der Waals surface area (Å²) < 4.78 is 20.5. The van der Waals surface area contributed by atoms with Crippen molar-refractivity contribution in [2.45, 2.75) is 121 Å². The highest BCUT2D eigenvalue weighted by Gasteiger charge is 2.45. The van der Waals surface area contributed by atoms with E-state index in [0.29, 0.717) is 27.9 Å². The van der Waals surface area contributed by atoms with Gasteiger partial charge in [-0.05, 0) is 30.0 Å². The molecule has 11 N–H and O–H groups in total. The zero-order valence-electron chi connectivity index (χ0n) is 42.7. The number of nitrogens with two attached hydrogens (primary N) is 1. The van der Waals surface area contributed by atoms with Gasteiger partial charge in [0.1, 0.15) is 55.3 Å². The number of aromatic nitrogens is 1. The molecule has 27 nitrogen and oxygen atoms in total. The molecule has 1 saturated heterocycles. The van der Waals surface area contributed by atoms with Crippen molar-refractivity contribution in [1.82, 2.24) is 41.8 Å². The quantitative estimate of drug-likeness (QED) is 0.0321. The van der Waals surface area contributed by atoms with Crippen LogP contribution in [0.3, 0.4) is 0 Å². The number of ether oxygens (including phenoxy) is 4. The van der Waals surface area contributed by atoms with E-state index in [-0.39, 0.29) is 24.5 Å². The molecule has 1 aromatic carbocycles. The minimum absolute atomic E-state index is 0.151. The van der Waals surface area contributed by atoms with E-state index in [1.807, 2.05) is 0 Å². The lowest BCUT2D eigenvalue weighted by Crippen LogP contribution is -2.59. The summed E-state index contributed by atoms with van der Waals surface area (Å²) in [6, 6.07) is -4.88. The number of hydrogen-bond donors (Lipinski definition) is 10. The number of aliphatic carboxylic acids is 1. The number of rotatable bonds is 18. The van der Waals surface area contributed by atoms with Crippen LogP contribution in [0.25, 0.3) is 10.9 Å². The molecule has 7 amide bonds. The molecule has 1 fully saturated rings. The number of aliphatic hydroxyl groups excluding tert-OH is 1. The van der Waals surface area contributed by atoms with Crippen LogP contribution < -0.4 is 42.4 Å². The van der Waals surface area contributed by atoms with Crippen molar-refractivity contribution >= 4 is 93.9 Å². The largest absolute Gasteiger partial charge is 0.480 e. The summed E-state index contributed by atoms with van der Waals surface area (Å²) in [5.41, 5.74) is 7.21. The average molecular weight is 1090 g/mol. The predicted octanol–water partition coefficient (Wildman–Crippen LogP) is -2.42. The fourth-order valence-corrected chi connectivity index (χ4v) is 9.24. The highest BCUT2D eigenvalue weighted by Crippen LogP contribution is 2.33. The van der Waals surface area contributed by atoms with Gasteiger partial charge < -0.3 is 76.7 Å². The number of amides is 7. The Labute approximate surface area is 440 Å². The Morgan fingerprint density at radius 2 is 1.59 bits per heavy atom. The molecule has 0 radical (unpaired) electrons. The van der Waals surface area contributed by atoms with E-state index in [0.717, 1.165) is 30.5 Å². The standard InChI is InChI=1S/C48H65N9O18S/c1-8-12-72-39(64)16-33(47(69)57-19-27(61)13-35(57)44(67)56-41(48(70)71)23(4)36(75-26(7)60)20-73-24(5)58)53-43(66)34-21-76-46-30(29-11-10-28(74-25(6)59)14-32(29)54-46)15-31(49)42(65)50-18-38(63)55-40(22(3)9-2)45(68)51-17-37(62)52-34/h8,10-11,14,22-23,27,31,33-36,40-41,54,61H,1,9,12-13,15-21,49H2,2-7H3,(H,50,65)(H,51,68)(H,52,62)(H,53,66)(H,55,63)(H,56,67)(H,70,71)/t22-,23-,27+,31+,33-,34-,35-,36-,40-,41-/m0/s1. The maximum Gasteiger partial charge on any atom is 0.326 e. The Bertz CT molecular complexity index is 2560. The van der Waals surface area contributed by atoms with E-state index in [1.54, 1.807) is 19.9 Å². The van der Waals surface area contributed by atoms with Gasteiger partial charge in [0.15, 0.2) is 0 Å². The molecule has 0 saturated carbocycles. The van der Waals surface area contributed by atoms with Crippen LogP contribution in [0, 0.1) is 11.8 Å². The van der Waals surface area contributed by atoms with E-state index >= 15 is 0 Å². The molecule has 1 aromatic heterocycles. The number of carbonyl (C=O) groups excluding carboxylic acids is 11. The number of carboxylic acids is 1. The SMILES string of the molecule is C=CCOC(=O)C[C@H](NC(=O)[C@@H]1CSc2[nH]c3cc(OC(C)=O)ccc3c2C[C@@H](N)C(=O)NCC(=O)N[C@@H]([C@@H](C)CC)C(=O)NCC(=O)N1)C(=O)N1C[C@H](O)C[C@H]1C(=O)N[C@H](C(=O)O)[C@@H](C)[C@H](COC(C)=O)OC(C)=O. The van der Waals surface area contributed by atoms with Gasteiger partial charge in [-0.2, -0.15) is 0 Å². The topological polar surface area (TPSA) is 399 Å². The van der Waals surface area contributed by atoms with Gasteiger partial charge in [-0.25, -0.2) is 4.79 Å². The molecule has 0 unspecified atom stereocenters. The molecule has 416 valence electrons. The van der Waals surface area contributed by atoms with Crippen LogP contribution in [-0.4, -0.2) is 178 Å². The third-order valence-corrected chi connectivity index (χ3v) is 13.4. The number of benzene rings is 1. The highest BCUT2D eigenvalue weighted by molar-refractivity contribution is 7.99. The van der Waals surface area contributed by atoms with Gasteiger partial charge in [0.05, 0.1) is 42.2 Å². The first-order valence-corrected chi connectivity index (χ1v) is 25.1. The van der Waals surface area contributed by atoms with Crippen LogP contribution in [-0.2, 0) is 78.2 Å². The molecular formula is C48H65N9O18S. The smallest absolute Gasteiger partial charge is 0.326 e. The Morgan fingerprint density at radius 1 is 0.921 bits per heavy atom. The van der Waals surface area contributed by atoms with E-state index in [4.69, 9.17) is 24.7 Å². The lowest BCUT2D eigenvalue weighted by molar-refractivity contribution is -0.163. The minimum atomic E-state index is -1.90. The van der Waals surface area contributed by atoms with Gasteiger partial charge in [0.2, 0.25) is 41.4 Å². The predicted molar refractivity (Wildman–Crippen MR) is 266 cm³/mol. The van der Waals surface area contributed by atoms with Gasteiger partial charge in [-0.15, -0.1) is 11.8 Å². The molecule has 76 heavy (non-hydrogen) atoms. The summed E-state index contributed by atoms with van der Waals surface area (Å²) in [5, 5.41) is 36.6. The van der Waals surface area contributed by atoms with Gasteiger partial charge in [0, 0.05) is 56.9 Å². The zero-order valence-corrected chi connectivity index (χ0v) is 43.5. The third kappa shape index (κ3) is 17.5. The van der Waals surface area contributed by atoms with E-state index < -0.39 is 171 Å². The van der Waals surface area contributed by atoms with Crippen molar-refractivity contribution in [3.05, 3.63) is 36.4 Å². The molecular weight excluding hydrogens is 1020 g/mol. The number of carboxylic acid groups (broad SMARTS) is 1. The summed E-state index contributed by atoms with van der Waals surface area (Å²) in [4.78, 5) is 162. The molecule has 3 heterocycles. The summed E-state index contributed by atoms with van der Waals surface area (Å²) in [5.74, 6) is -13.4. The Balaban J connectivity index is 1.74. The number of H-pyrrole nitrogens is 1. The van der Waals surface area contributed by atoms with Crippen molar-refractivity contribution in [2.75, 3.05) is 38.6 Å². The third-order valence-electron chi connectivity index (χ3n) is 12.2. The highest BCUT2D eigenvalue weighted by atomic mass is 32.2. The van der Waals surface area contributed by atoms with Gasteiger partial charge >= 0.3 is 29.8 Å². The monoisotopic (exact) mass is 1090 g/mol. The molecule has 0 aliphatic carbocycles. The number of nitrogens with one attached hydrogen (secondary N) is 7. The first-order valence-electron chi connectivity index (χ1n) is 24.1. The number of aliphatic hydroxyl groups is 1. The lowest BCUT2D eigenvalue weighted by Gasteiger charge is -2.32. The van der Waals surface area contributed by atoms with Crippen molar-refractivity contribution in [1.29, 1.82) is 0 Å². The fraction of sp³-hybridized carbons (Fsp3) is 0.542. The number of carbonyl (C=O) groups is 12. The summed E-state index contributed by atoms with van der Waals surface area (Å²) >= 11 is 0.934. The van der Waals surface area contributed by atoms with Crippen LogP contribution >= 0.6 is 11.8 Å². The van der Waals surface area contributed by atoms with E-state index in [1.165, 1.54) is 32.1 Å². The molecule has 28 heteroatoms. The second-order valence-corrected chi connectivity index (χ2v) is 19.1. The van der Waals surface area contributed by atoms with Gasteiger partial charge in [-0.3, -0.25) is 52.7 Å². The van der Waals surface area contributed by atoms with Crippen LogP contribution in [0.15, 0.2) is 35.9 Å². The zero-order chi connectivity index (χ0) is 56.6. The van der Waals surface area contributed by atoms with Crippen molar-refractivity contribution in [2.24, 2.45) is 17.6 Å².